The van der Waals surface area contributed by atoms with Gasteiger partial charge in [-0.25, -0.2) is 0 Å². The summed E-state index contributed by atoms with van der Waals surface area (Å²) in [5, 5.41) is 5.16. The lowest BCUT2D eigenvalue weighted by Crippen LogP contribution is -2.36. The highest BCUT2D eigenvalue weighted by molar-refractivity contribution is 5.94. The minimum Gasteiger partial charge on any atom is -0.481 e. The second-order valence-corrected chi connectivity index (χ2v) is 6.90. The molecule has 3 aromatic rings. The monoisotopic (exact) mass is 376 g/mol. The van der Waals surface area contributed by atoms with Crippen LogP contribution in [0.1, 0.15) is 6.92 Å². The Kier molecular flexibility index (Phi) is 5.44. The van der Waals surface area contributed by atoms with Crippen LogP contribution >= 0.6 is 0 Å². The van der Waals surface area contributed by atoms with E-state index in [4.69, 9.17) is 9.47 Å². The molecule has 3 aromatic carbocycles. The van der Waals surface area contributed by atoms with Crippen molar-refractivity contribution >= 4 is 28.1 Å². The van der Waals surface area contributed by atoms with E-state index in [1.54, 1.807) is 6.92 Å². The van der Waals surface area contributed by atoms with E-state index < -0.39 is 6.10 Å². The zero-order valence-corrected chi connectivity index (χ0v) is 15.9. The summed E-state index contributed by atoms with van der Waals surface area (Å²) in [6.07, 6.45) is -0.597. The van der Waals surface area contributed by atoms with Crippen molar-refractivity contribution in [3.05, 3.63) is 66.7 Å². The number of fused-ring (bicyclic) bond motifs is 1. The van der Waals surface area contributed by atoms with Crippen LogP contribution in [0.25, 0.3) is 10.8 Å². The zero-order valence-electron chi connectivity index (χ0n) is 15.9. The number of morpholine rings is 1. The van der Waals surface area contributed by atoms with Gasteiger partial charge in [0.15, 0.2) is 6.10 Å². The fourth-order valence-electron chi connectivity index (χ4n) is 3.32. The lowest BCUT2D eigenvalue weighted by Gasteiger charge is -2.29. The largest absolute Gasteiger partial charge is 0.481 e. The van der Waals surface area contributed by atoms with Crippen molar-refractivity contribution < 1.29 is 14.3 Å². The average molecular weight is 376 g/mol. The first kappa shape index (κ1) is 18.3. The van der Waals surface area contributed by atoms with E-state index in [-0.39, 0.29) is 5.91 Å². The maximum atomic E-state index is 12.5. The topological polar surface area (TPSA) is 50.8 Å². The smallest absolute Gasteiger partial charge is 0.265 e. The fraction of sp³-hybridized carbons (Fsp3) is 0.261. The van der Waals surface area contributed by atoms with Crippen LogP contribution in [-0.2, 0) is 9.53 Å². The SMILES string of the molecule is C[C@@H](Oc1ccc2ccccc2c1)C(=O)Nc1ccc(N2CCOCC2)cc1. The lowest BCUT2D eigenvalue weighted by molar-refractivity contribution is -0.122. The van der Waals surface area contributed by atoms with Crippen LogP contribution in [0.5, 0.6) is 5.75 Å². The molecule has 1 heterocycles. The van der Waals surface area contributed by atoms with Gasteiger partial charge in [-0.1, -0.05) is 30.3 Å². The van der Waals surface area contributed by atoms with Crippen molar-refractivity contribution in [2.24, 2.45) is 0 Å². The van der Waals surface area contributed by atoms with Crippen molar-refractivity contribution in [3.63, 3.8) is 0 Å². The number of ether oxygens (including phenoxy) is 2. The van der Waals surface area contributed by atoms with E-state index in [2.05, 4.69) is 16.3 Å². The Bertz CT molecular complexity index is 949. The summed E-state index contributed by atoms with van der Waals surface area (Å²) >= 11 is 0. The van der Waals surface area contributed by atoms with Crippen molar-refractivity contribution in [1.82, 2.24) is 0 Å². The Hall–Kier alpha value is -3.05. The molecule has 4 rings (SSSR count). The maximum Gasteiger partial charge on any atom is 0.265 e. The number of nitrogens with one attached hydrogen (secondary N) is 1. The number of rotatable bonds is 5. The summed E-state index contributed by atoms with van der Waals surface area (Å²) in [4.78, 5) is 14.8. The molecule has 0 radical (unpaired) electrons. The second kappa shape index (κ2) is 8.31. The van der Waals surface area contributed by atoms with Gasteiger partial charge >= 0.3 is 0 Å². The third-order valence-corrected chi connectivity index (χ3v) is 4.91. The predicted molar refractivity (Wildman–Crippen MR) is 112 cm³/mol. The zero-order chi connectivity index (χ0) is 19.3. The van der Waals surface area contributed by atoms with E-state index in [0.717, 1.165) is 48.5 Å². The molecule has 1 amide bonds. The number of hydrogen-bond donors (Lipinski definition) is 1. The van der Waals surface area contributed by atoms with Crippen LogP contribution in [0.2, 0.25) is 0 Å². The number of carbonyl (C=O) groups excluding carboxylic acids is 1. The highest BCUT2D eigenvalue weighted by Crippen LogP contribution is 2.22. The Morgan fingerprint density at radius 1 is 1.00 bits per heavy atom. The quantitative estimate of drug-likeness (QED) is 0.729. The molecule has 5 heteroatoms. The number of anilines is 2. The van der Waals surface area contributed by atoms with E-state index in [1.165, 1.54) is 0 Å². The molecule has 1 aliphatic rings. The van der Waals surface area contributed by atoms with Crippen LogP contribution < -0.4 is 15.0 Å². The van der Waals surface area contributed by atoms with Crippen LogP contribution in [0.3, 0.4) is 0 Å². The van der Waals surface area contributed by atoms with Gasteiger partial charge in [0, 0.05) is 24.5 Å². The van der Waals surface area contributed by atoms with Gasteiger partial charge in [-0.05, 0) is 54.1 Å². The van der Waals surface area contributed by atoms with Gasteiger partial charge < -0.3 is 19.7 Å². The molecule has 0 unspecified atom stereocenters. The van der Waals surface area contributed by atoms with Gasteiger partial charge in [0.25, 0.3) is 5.91 Å². The number of benzene rings is 3. The van der Waals surface area contributed by atoms with Crippen LogP contribution in [0.4, 0.5) is 11.4 Å². The average Bonchev–Trinajstić information content (AvgIpc) is 2.75. The van der Waals surface area contributed by atoms with Crippen molar-refractivity contribution in [2.75, 3.05) is 36.5 Å². The Morgan fingerprint density at radius 3 is 2.46 bits per heavy atom. The maximum absolute atomic E-state index is 12.5. The highest BCUT2D eigenvalue weighted by atomic mass is 16.5. The molecular weight excluding hydrogens is 352 g/mol. The Balaban J connectivity index is 1.36. The molecule has 0 saturated carbocycles. The van der Waals surface area contributed by atoms with Crippen molar-refractivity contribution in [3.8, 4) is 5.75 Å². The number of carbonyl (C=O) groups is 1. The predicted octanol–water partition coefficient (Wildman–Crippen LogP) is 4.08. The molecule has 0 aromatic heterocycles. The molecule has 0 spiro atoms. The van der Waals surface area contributed by atoms with E-state index in [9.17, 15) is 4.79 Å². The minimum absolute atomic E-state index is 0.174. The van der Waals surface area contributed by atoms with Gasteiger partial charge in [-0.15, -0.1) is 0 Å². The molecule has 1 fully saturated rings. The molecule has 1 saturated heterocycles. The lowest BCUT2D eigenvalue weighted by atomic mass is 10.1. The Morgan fingerprint density at radius 2 is 1.71 bits per heavy atom. The van der Waals surface area contributed by atoms with E-state index >= 15 is 0 Å². The van der Waals surface area contributed by atoms with Crippen LogP contribution in [0, 0.1) is 0 Å². The third kappa shape index (κ3) is 4.26. The first-order chi connectivity index (χ1) is 13.7. The fourth-order valence-corrected chi connectivity index (χ4v) is 3.32. The minimum atomic E-state index is -0.597. The standard InChI is InChI=1S/C23H24N2O3/c1-17(28-22-11-6-18-4-2-3-5-19(18)16-22)23(26)24-20-7-9-21(10-8-20)25-12-14-27-15-13-25/h2-11,16-17H,12-15H2,1H3,(H,24,26)/t17-/m1/s1. The van der Waals surface area contributed by atoms with Gasteiger partial charge in [0.1, 0.15) is 5.75 Å². The number of amides is 1. The summed E-state index contributed by atoms with van der Waals surface area (Å²) in [6.45, 7) is 5.04. The molecule has 28 heavy (non-hydrogen) atoms. The molecule has 0 aliphatic carbocycles. The summed E-state index contributed by atoms with van der Waals surface area (Å²) in [7, 11) is 0. The van der Waals surface area contributed by atoms with Crippen molar-refractivity contribution in [2.45, 2.75) is 13.0 Å². The number of nitrogens with zero attached hydrogens (tertiary/aromatic N) is 1. The van der Waals surface area contributed by atoms with Crippen LogP contribution in [0.15, 0.2) is 66.7 Å². The van der Waals surface area contributed by atoms with Gasteiger partial charge in [-0.2, -0.15) is 0 Å². The van der Waals surface area contributed by atoms with Crippen molar-refractivity contribution in [1.29, 1.82) is 0 Å². The molecule has 1 atom stereocenters. The molecule has 0 bridgehead atoms. The summed E-state index contributed by atoms with van der Waals surface area (Å²) in [5.74, 6) is 0.510. The van der Waals surface area contributed by atoms with E-state index in [0.29, 0.717) is 5.75 Å². The summed E-state index contributed by atoms with van der Waals surface area (Å²) in [6, 6.07) is 21.8. The highest BCUT2D eigenvalue weighted by Gasteiger charge is 2.16. The molecule has 1 aliphatic heterocycles. The van der Waals surface area contributed by atoms with Crippen LogP contribution in [-0.4, -0.2) is 38.3 Å². The third-order valence-electron chi connectivity index (χ3n) is 4.91. The number of hydrogen-bond acceptors (Lipinski definition) is 4. The summed E-state index contributed by atoms with van der Waals surface area (Å²) in [5.41, 5.74) is 1.90. The second-order valence-electron chi connectivity index (χ2n) is 6.90. The molecular formula is C23H24N2O3. The van der Waals surface area contributed by atoms with E-state index in [1.807, 2.05) is 60.7 Å². The van der Waals surface area contributed by atoms with Gasteiger partial charge in [0.2, 0.25) is 0 Å². The molecule has 1 N–H and O–H groups in total. The first-order valence-electron chi connectivity index (χ1n) is 9.58. The van der Waals surface area contributed by atoms with Gasteiger partial charge in [0.05, 0.1) is 13.2 Å². The van der Waals surface area contributed by atoms with Gasteiger partial charge in [-0.3, -0.25) is 4.79 Å². The first-order valence-corrected chi connectivity index (χ1v) is 9.58. The Labute approximate surface area is 164 Å². The molecule has 144 valence electrons. The summed E-state index contributed by atoms with van der Waals surface area (Å²) < 4.78 is 11.2. The molecule has 5 nitrogen and oxygen atoms in total. The normalized spacial score (nSPS) is 15.2.